The van der Waals surface area contributed by atoms with Crippen molar-refractivity contribution in [1.82, 2.24) is 0 Å². The highest BCUT2D eigenvalue weighted by atomic mass is 16.7. The summed E-state index contributed by atoms with van der Waals surface area (Å²) < 4.78 is 17.3. The van der Waals surface area contributed by atoms with Crippen molar-refractivity contribution in [3.63, 3.8) is 0 Å². The zero-order valence-corrected chi connectivity index (χ0v) is 13.0. The molecule has 1 unspecified atom stereocenters. The van der Waals surface area contributed by atoms with Crippen LogP contribution < -0.4 is 10.2 Å². The molecule has 0 saturated carbocycles. The van der Waals surface area contributed by atoms with Crippen molar-refractivity contribution in [2.75, 3.05) is 0 Å². The van der Waals surface area contributed by atoms with Crippen LogP contribution in [0, 0.1) is 0 Å². The highest BCUT2D eigenvalue weighted by molar-refractivity contribution is 6.62. The number of carbonyl (C=O) groups is 1. The quantitative estimate of drug-likeness (QED) is 0.858. The molecule has 1 atom stereocenters. The average molecular weight is 292 g/mol. The molecule has 0 amide bonds. The van der Waals surface area contributed by atoms with Crippen molar-refractivity contribution in [2.24, 2.45) is 0 Å². The number of benzene rings is 1. The van der Waals surface area contributed by atoms with Crippen LogP contribution in [0.1, 0.15) is 34.6 Å². The third kappa shape index (κ3) is 3.22. The van der Waals surface area contributed by atoms with Gasteiger partial charge in [-0.15, -0.1) is 0 Å². The van der Waals surface area contributed by atoms with Crippen LogP contribution in [0.3, 0.4) is 0 Å². The summed E-state index contributed by atoms with van der Waals surface area (Å²) in [6.45, 7) is 9.43. The van der Waals surface area contributed by atoms with Crippen molar-refractivity contribution >= 4 is 18.6 Å². The molecule has 1 aromatic rings. The van der Waals surface area contributed by atoms with Gasteiger partial charge in [-0.25, -0.2) is 4.79 Å². The molecule has 0 spiro atoms. The predicted octanol–water partition coefficient (Wildman–Crippen LogP) is 1.84. The van der Waals surface area contributed by atoms with Gasteiger partial charge in [0.05, 0.1) is 11.2 Å². The zero-order valence-electron chi connectivity index (χ0n) is 13.0. The van der Waals surface area contributed by atoms with Crippen molar-refractivity contribution in [3.05, 3.63) is 24.3 Å². The van der Waals surface area contributed by atoms with Crippen LogP contribution in [0.25, 0.3) is 0 Å². The standard InChI is InChI=1S/C15H21BO5/c1-10(13(17)18)19-12-8-6-7-11(9-12)16-20-14(2,3)15(4,5)21-16/h6-10H,1-5H3,(H,17,18). The van der Waals surface area contributed by atoms with E-state index in [-0.39, 0.29) is 0 Å². The van der Waals surface area contributed by atoms with Gasteiger partial charge in [0.25, 0.3) is 0 Å². The minimum atomic E-state index is -1.00. The van der Waals surface area contributed by atoms with Crippen LogP contribution in [-0.2, 0) is 14.1 Å². The SMILES string of the molecule is CC(Oc1cccc(B2OC(C)(C)C(C)(C)O2)c1)C(=O)O. The second-order valence-electron chi connectivity index (χ2n) is 6.26. The molecule has 1 aliphatic rings. The summed E-state index contributed by atoms with van der Waals surface area (Å²) in [5, 5.41) is 8.89. The number of hydrogen-bond acceptors (Lipinski definition) is 4. The van der Waals surface area contributed by atoms with Gasteiger partial charge >= 0.3 is 13.1 Å². The molecule has 21 heavy (non-hydrogen) atoms. The maximum atomic E-state index is 10.8. The van der Waals surface area contributed by atoms with Gasteiger partial charge in [0, 0.05) is 0 Å². The number of carboxylic acids is 1. The second kappa shape index (κ2) is 5.35. The van der Waals surface area contributed by atoms with E-state index in [0.717, 1.165) is 5.46 Å². The molecule has 1 N–H and O–H groups in total. The Morgan fingerprint density at radius 3 is 2.33 bits per heavy atom. The summed E-state index contributed by atoms with van der Waals surface area (Å²) >= 11 is 0. The molecule has 6 heteroatoms. The number of rotatable bonds is 4. The Morgan fingerprint density at radius 1 is 1.24 bits per heavy atom. The first-order valence-electron chi connectivity index (χ1n) is 6.97. The number of hydrogen-bond donors (Lipinski definition) is 1. The smallest absolute Gasteiger partial charge is 0.479 e. The fourth-order valence-electron chi connectivity index (χ4n) is 1.97. The molecule has 1 aromatic carbocycles. The van der Waals surface area contributed by atoms with Crippen molar-refractivity contribution in [2.45, 2.75) is 51.9 Å². The Hall–Kier alpha value is -1.53. The summed E-state index contributed by atoms with van der Waals surface area (Å²) in [5.74, 6) is -0.520. The molecule has 5 nitrogen and oxygen atoms in total. The average Bonchev–Trinajstić information content (AvgIpc) is 2.58. The van der Waals surface area contributed by atoms with Gasteiger partial charge < -0.3 is 19.2 Å². The topological polar surface area (TPSA) is 65.0 Å². The third-order valence-electron chi connectivity index (χ3n) is 4.04. The monoisotopic (exact) mass is 292 g/mol. The van der Waals surface area contributed by atoms with Gasteiger partial charge in [0.2, 0.25) is 0 Å². The van der Waals surface area contributed by atoms with Crippen LogP contribution in [-0.4, -0.2) is 35.5 Å². The van der Waals surface area contributed by atoms with E-state index >= 15 is 0 Å². The highest BCUT2D eigenvalue weighted by Gasteiger charge is 2.51. The van der Waals surface area contributed by atoms with E-state index < -0.39 is 30.4 Å². The van der Waals surface area contributed by atoms with E-state index in [2.05, 4.69) is 0 Å². The molecule has 0 aromatic heterocycles. The van der Waals surface area contributed by atoms with Gasteiger partial charge in [-0.3, -0.25) is 0 Å². The van der Waals surface area contributed by atoms with Crippen LogP contribution in [0.2, 0.25) is 0 Å². The molecule has 1 fully saturated rings. The van der Waals surface area contributed by atoms with Gasteiger partial charge in [-0.1, -0.05) is 12.1 Å². The van der Waals surface area contributed by atoms with E-state index in [1.165, 1.54) is 6.92 Å². The number of aliphatic carboxylic acids is 1. The van der Waals surface area contributed by atoms with E-state index in [4.69, 9.17) is 19.2 Å². The molecule has 0 radical (unpaired) electrons. The Bertz CT molecular complexity index is 525. The van der Waals surface area contributed by atoms with E-state index in [0.29, 0.717) is 5.75 Å². The van der Waals surface area contributed by atoms with E-state index in [1.54, 1.807) is 18.2 Å². The maximum Gasteiger partial charge on any atom is 0.494 e. The summed E-state index contributed by atoms with van der Waals surface area (Å²) in [6, 6.07) is 7.14. The van der Waals surface area contributed by atoms with Crippen molar-refractivity contribution < 1.29 is 23.9 Å². The molecule has 0 bridgehead atoms. The molecule has 114 valence electrons. The lowest BCUT2D eigenvalue weighted by Gasteiger charge is -2.32. The van der Waals surface area contributed by atoms with Gasteiger partial charge in [-0.2, -0.15) is 0 Å². The lowest BCUT2D eigenvalue weighted by atomic mass is 9.79. The van der Waals surface area contributed by atoms with E-state index in [9.17, 15) is 4.79 Å². The Kier molecular flexibility index (Phi) is 4.04. The van der Waals surface area contributed by atoms with Crippen molar-refractivity contribution in [1.29, 1.82) is 0 Å². The van der Waals surface area contributed by atoms with Crippen LogP contribution in [0.5, 0.6) is 5.75 Å². The summed E-state index contributed by atoms with van der Waals surface area (Å²) in [7, 11) is -0.487. The highest BCUT2D eigenvalue weighted by Crippen LogP contribution is 2.36. The molecule has 2 rings (SSSR count). The van der Waals surface area contributed by atoms with E-state index in [1.807, 2.05) is 33.8 Å². The Morgan fingerprint density at radius 2 is 1.81 bits per heavy atom. The molecule has 0 aliphatic carbocycles. The first-order valence-corrected chi connectivity index (χ1v) is 6.97. The normalized spacial score (nSPS) is 21.1. The fourth-order valence-corrected chi connectivity index (χ4v) is 1.97. The molecule has 1 saturated heterocycles. The van der Waals surface area contributed by atoms with Gasteiger partial charge in [0.1, 0.15) is 5.75 Å². The predicted molar refractivity (Wildman–Crippen MR) is 79.9 cm³/mol. The lowest BCUT2D eigenvalue weighted by Crippen LogP contribution is -2.41. The third-order valence-corrected chi connectivity index (χ3v) is 4.04. The zero-order chi connectivity index (χ0) is 15.8. The summed E-state index contributed by atoms with van der Waals surface area (Å²) in [5.41, 5.74) is -0.0186. The maximum absolute atomic E-state index is 10.8. The molecule has 1 aliphatic heterocycles. The van der Waals surface area contributed by atoms with Gasteiger partial charge in [-0.05, 0) is 52.2 Å². The molecule has 1 heterocycles. The number of ether oxygens (including phenoxy) is 1. The lowest BCUT2D eigenvalue weighted by molar-refractivity contribution is -0.144. The summed E-state index contributed by atoms with van der Waals surface area (Å²) in [4.78, 5) is 10.8. The minimum Gasteiger partial charge on any atom is -0.479 e. The van der Waals surface area contributed by atoms with Crippen LogP contribution >= 0.6 is 0 Å². The van der Waals surface area contributed by atoms with Crippen LogP contribution in [0.15, 0.2) is 24.3 Å². The number of carboxylic acid groups (broad SMARTS) is 1. The fraction of sp³-hybridized carbons (Fsp3) is 0.533. The Labute approximate surface area is 125 Å². The largest absolute Gasteiger partial charge is 0.494 e. The van der Waals surface area contributed by atoms with Crippen molar-refractivity contribution in [3.8, 4) is 5.75 Å². The van der Waals surface area contributed by atoms with Gasteiger partial charge in [0.15, 0.2) is 6.10 Å². The Balaban J connectivity index is 2.17. The van der Waals surface area contributed by atoms with Crippen LogP contribution in [0.4, 0.5) is 0 Å². The molecular weight excluding hydrogens is 271 g/mol. The first kappa shape index (κ1) is 15.9. The minimum absolute atomic E-state index is 0.414. The first-order chi connectivity index (χ1) is 9.62. The molecular formula is C15H21BO5. The summed E-state index contributed by atoms with van der Waals surface area (Å²) in [6.07, 6.45) is -0.904. The second-order valence-corrected chi connectivity index (χ2v) is 6.26.